The second kappa shape index (κ2) is 3.73. The predicted molar refractivity (Wildman–Crippen MR) is 49.9 cm³/mol. The molecule has 72 valence electrons. The first-order valence-electron chi connectivity index (χ1n) is 4.59. The van der Waals surface area contributed by atoms with Crippen molar-refractivity contribution in [1.29, 1.82) is 0 Å². The van der Waals surface area contributed by atoms with Crippen molar-refractivity contribution < 1.29 is 4.74 Å². The van der Waals surface area contributed by atoms with Gasteiger partial charge in [-0.05, 0) is 27.2 Å². The molecule has 12 heavy (non-hydrogen) atoms. The van der Waals surface area contributed by atoms with Gasteiger partial charge in [0.15, 0.2) is 0 Å². The lowest BCUT2D eigenvalue weighted by molar-refractivity contribution is -0.0569. The fraction of sp³-hybridized carbons (Fsp3) is 1.00. The van der Waals surface area contributed by atoms with Gasteiger partial charge in [-0.25, -0.2) is 0 Å². The van der Waals surface area contributed by atoms with Gasteiger partial charge in [-0.3, -0.25) is 4.90 Å². The Morgan fingerprint density at radius 1 is 1.50 bits per heavy atom. The summed E-state index contributed by atoms with van der Waals surface area (Å²) in [5.74, 6) is 0. The first kappa shape index (κ1) is 9.96. The molecule has 1 rings (SSSR count). The first-order chi connectivity index (χ1) is 5.47. The van der Waals surface area contributed by atoms with Gasteiger partial charge in [0.25, 0.3) is 0 Å². The number of hydrogen-bond donors (Lipinski definition) is 1. The molecular formula is C9H20N2O. The summed E-state index contributed by atoms with van der Waals surface area (Å²) in [5.41, 5.74) is 5.73. The topological polar surface area (TPSA) is 38.5 Å². The highest BCUT2D eigenvalue weighted by atomic mass is 16.5. The minimum absolute atomic E-state index is 0.0350. The summed E-state index contributed by atoms with van der Waals surface area (Å²) >= 11 is 0. The van der Waals surface area contributed by atoms with Crippen LogP contribution in [0.25, 0.3) is 0 Å². The summed E-state index contributed by atoms with van der Waals surface area (Å²) in [5, 5.41) is 0. The lowest BCUT2D eigenvalue weighted by Crippen LogP contribution is -2.32. The normalized spacial score (nSPS) is 26.5. The van der Waals surface area contributed by atoms with Crippen LogP contribution in [0, 0.1) is 0 Å². The summed E-state index contributed by atoms with van der Waals surface area (Å²) < 4.78 is 5.63. The molecule has 0 amide bonds. The van der Waals surface area contributed by atoms with E-state index >= 15 is 0 Å². The molecule has 1 aliphatic heterocycles. The molecule has 3 heteroatoms. The second-order valence-corrected chi connectivity index (χ2v) is 4.51. The van der Waals surface area contributed by atoms with Gasteiger partial charge in [-0.1, -0.05) is 0 Å². The van der Waals surface area contributed by atoms with E-state index in [0.29, 0.717) is 6.04 Å². The summed E-state index contributed by atoms with van der Waals surface area (Å²) in [6.07, 6.45) is 1.10. The number of ether oxygens (including phenoxy) is 1. The minimum Gasteiger partial charge on any atom is -0.360 e. The van der Waals surface area contributed by atoms with Gasteiger partial charge in [-0.2, -0.15) is 0 Å². The molecule has 0 spiro atoms. The fourth-order valence-electron chi connectivity index (χ4n) is 1.26. The molecule has 0 bridgehead atoms. The van der Waals surface area contributed by atoms with Crippen LogP contribution in [0.4, 0.5) is 0 Å². The zero-order valence-electron chi connectivity index (χ0n) is 8.34. The Balaban J connectivity index is 2.16. The Hall–Kier alpha value is -0.120. The largest absolute Gasteiger partial charge is 0.360 e. The van der Waals surface area contributed by atoms with Crippen LogP contribution in [0.15, 0.2) is 0 Å². The lowest BCUT2D eigenvalue weighted by atomic mass is 10.2. The maximum Gasteiger partial charge on any atom is 0.0997 e. The molecule has 1 aliphatic rings. The zero-order chi connectivity index (χ0) is 9.19. The van der Waals surface area contributed by atoms with E-state index in [0.717, 1.165) is 26.2 Å². The molecule has 0 aromatic rings. The molecule has 1 atom stereocenters. The van der Waals surface area contributed by atoms with Gasteiger partial charge in [-0.15, -0.1) is 0 Å². The summed E-state index contributed by atoms with van der Waals surface area (Å²) in [4.78, 5) is 2.26. The summed E-state index contributed by atoms with van der Waals surface area (Å²) in [7, 11) is 0. The summed E-state index contributed by atoms with van der Waals surface area (Å²) in [6.45, 7) is 9.00. The Labute approximate surface area is 74.9 Å². The van der Waals surface area contributed by atoms with E-state index in [-0.39, 0.29) is 5.60 Å². The number of hydrogen-bond acceptors (Lipinski definition) is 3. The van der Waals surface area contributed by atoms with Gasteiger partial charge in [0.2, 0.25) is 0 Å². The van der Waals surface area contributed by atoms with E-state index in [1.54, 1.807) is 0 Å². The number of nitrogens with zero attached hydrogens (tertiary/aromatic N) is 1. The van der Waals surface area contributed by atoms with Crippen LogP contribution in [-0.4, -0.2) is 36.4 Å². The summed E-state index contributed by atoms with van der Waals surface area (Å²) in [6, 6.07) is 0.355. The van der Waals surface area contributed by atoms with Crippen LogP contribution in [-0.2, 0) is 4.74 Å². The van der Waals surface area contributed by atoms with Crippen molar-refractivity contribution in [2.24, 2.45) is 5.73 Å². The van der Waals surface area contributed by atoms with Gasteiger partial charge in [0.1, 0.15) is 0 Å². The first-order valence-corrected chi connectivity index (χ1v) is 4.59. The van der Waals surface area contributed by atoms with Gasteiger partial charge in [0.05, 0.1) is 12.3 Å². The molecule has 2 N–H and O–H groups in total. The lowest BCUT2D eigenvalue weighted by Gasteiger charge is -2.24. The third-order valence-corrected chi connectivity index (χ3v) is 1.99. The van der Waals surface area contributed by atoms with Crippen molar-refractivity contribution in [3.05, 3.63) is 0 Å². The molecule has 1 heterocycles. The highest BCUT2D eigenvalue weighted by Gasteiger charge is 2.20. The molecular weight excluding hydrogens is 152 g/mol. The van der Waals surface area contributed by atoms with E-state index in [4.69, 9.17) is 10.5 Å². The van der Waals surface area contributed by atoms with Crippen LogP contribution in [0.2, 0.25) is 0 Å². The standard InChI is InChI=1S/C9H20N2O/c1-9(2,3)12-7-11-5-4-8(10)6-11/h8H,4-7,10H2,1-3H3/t8-/m0/s1. The van der Waals surface area contributed by atoms with Crippen molar-refractivity contribution in [2.75, 3.05) is 19.8 Å². The Morgan fingerprint density at radius 2 is 2.17 bits per heavy atom. The number of likely N-dealkylation sites (tertiary alicyclic amines) is 1. The number of nitrogens with two attached hydrogens (primary N) is 1. The maximum absolute atomic E-state index is 5.77. The van der Waals surface area contributed by atoms with Gasteiger partial charge in [0, 0.05) is 19.1 Å². The van der Waals surface area contributed by atoms with Crippen molar-refractivity contribution in [1.82, 2.24) is 4.90 Å². The van der Waals surface area contributed by atoms with Crippen molar-refractivity contribution >= 4 is 0 Å². The maximum atomic E-state index is 5.77. The smallest absolute Gasteiger partial charge is 0.0997 e. The Kier molecular flexibility index (Phi) is 3.09. The van der Waals surface area contributed by atoms with Crippen LogP contribution >= 0.6 is 0 Å². The van der Waals surface area contributed by atoms with Crippen LogP contribution < -0.4 is 5.73 Å². The number of rotatable bonds is 2. The predicted octanol–water partition coefficient (Wildman–Crippen LogP) is 0.792. The monoisotopic (exact) mass is 172 g/mol. The molecule has 0 aliphatic carbocycles. The molecule has 1 saturated heterocycles. The molecule has 0 aromatic carbocycles. The van der Waals surface area contributed by atoms with Crippen LogP contribution in [0.3, 0.4) is 0 Å². The van der Waals surface area contributed by atoms with E-state index < -0.39 is 0 Å². The Morgan fingerprint density at radius 3 is 2.58 bits per heavy atom. The van der Waals surface area contributed by atoms with Crippen LogP contribution in [0.5, 0.6) is 0 Å². The van der Waals surface area contributed by atoms with Crippen LogP contribution in [0.1, 0.15) is 27.2 Å². The second-order valence-electron chi connectivity index (χ2n) is 4.51. The van der Waals surface area contributed by atoms with E-state index in [2.05, 4.69) is 25.7 Å². The molecule has 3 nitrogen and oxygen atoms in total. The molecule has 0 aromatic heterocycles. The van der Waals surface area contributed by atoms with E-state index in [1.165, 1.54) is 0 Å². The zero-order valence-corrected chi connectivity index (χ0v) is 8.34. The quantitative estimate of drug-likeness (QED) is 0.669. The molecule has 0 unspecified atom stereocenters. The Bertz CT molecular complexity index is 142. The third-order valence-electron chi connectivity index (χ3n) is 1.99. The molecule has 0 radical (unpaired) electrons. The van der Waals surface area contributed by atoms with Crippen molar-refractivity contribution in [3.8, 4) is 0 Å². The van der Waals surface area contributed by atoms with Crippen molar-refractivity contribution in [3.63, 3.8) is 0 Å². The molecule has 1 fully saturated rings. The van der Waals surface area contributed by atoms with Gasteiger partial charge >= 0.3 is 0 Å². The van der Waals surface area contributed by atoms with E-state index in [9.17, 15) is 0 Å². The van der Waals surface area contributed by atoms with Gasteiger partial charge < -0.3 is 10.5 Å². The molecule has 0 saturated carbocycles. The van der Waals surface area contributed by atoms with Crippen molar-refractivity contribution in [2.45, 2.75) is 38.8 Å². The average molecular weight is 172 g/mol. The minimum atomic E-state index is -0.0350. The SMILES string of the molecule is CC(C)(C)OCN1CC[C@H](N)C1. The highest BCUT2D eigenvalue weighted by Crippen LogP contribution is 2.11. The average Bonchev–Trinajstić information content (AvgIpc) is 2.30. The third kappa shape index (κ3) is 3.52. The fourth-order valence-corrected chi connectivity index (χ4v) is 1.26. The van der Waals surface area contributed by atoms with E-state index in [1.807, 2.05) is 0 Å². The highest BCUT2D eigenvalue weighted by molar-refractivity contribution is 4.76.